The number of carbonyl (C=O) groups is 2. The zero-order chi connectivity index (χ0) is 23.5. The third kappa shape index (κ3) is 4.27. The van der Waals surface area contributed by atoms with Gasteiger partial charge in [-0.1, -0.05) is 18.2 Å². The van der Waals surface area contributed by atoms with Crippen LogP contribution in [0.2, 0.25) is 0 Å². The molecule has 2 aromatic rings. The molecule has 1 heterocycles. The van der Waals surface area contributed by atoms with Gasteiger partial charge in [0.2, 0.25) is 11.7 Å². The number of nitrogens with one attached hydrogen (secondary N) is 1. The van der Waals surface area contributed by atoms with Gasteiger partial charge in [-0.05, 0) is 43.0 Å². The monoisotopic (exact) mass is 451 g/mol. The van der Waals surface area contributed by atoms with E-state index in [-0.39, 0.29) is 29.9 Å². The molecule has 0 spiro atoms. The number of carbonyl (C=O) groups excluding carboxylic acids is 2. The van der Waals surface area contributed by atoms with Crippen LogP contribution in [-0.2, 0) is 9.59 Å². The molecule has 2 aliphatic rings. The summed E-state index contributed by atoms with van der Waals surface area (Å²) in [6.07, 6.45) is 1.10. The van der Waals surface area contributed by atoms with Crippen LogP contribution in [0.5, 0.6) is 23.0 Å². The number of amides is 1. The first-order valence-electron chi connectivity index (χ1n) is 11.1. The largest absolute Gasteiger partial charge is 0.494 e. The van der Waals surface area contributed by atoms with Gasteiger partial charge in [-0.3, -0.25) is 9.59 Å². The highest BCUT2D eigenvalue weighted by molar-refractivity contribution is 6.02. The number of ether oxygens (including phenoxy) is 4. The molecule has 0 aromatic heterocycles. The summed E-state index contributed by atoms with van der Waals surface area (Å²) >= 11 is 0. The summed E-state index contributed by atoms with van der Waals surface area (Å²) < 4.78 is 22.2. The molecule has 2 atom stereocenters. The van der Waals surface area contributed by atoms with Gasteiger partial charge in [-0.15, -0.1) is 0 Å². The topological polar surface area (TPSA) is 83.1 Å². The van der Waals surface area contributed by atoms with Gasteiger partial charge in [0.05, 0.1) is 27.9 Å². The van der Waals surface area contributed by atoms with Crippen LogP contribution in [0.3, 0.4) is 0 Å². The van der Waals surface area contributed by atoms with Crippen molar-refractivity contribution in [2.24, 2.45) is 0 Å². The molecule has 4 rings (SSSR count). The first-order chi connectivity index (χ1) is 16.0. The molecule has 0 unspecified atom stereocenters. The molecular weight excluding hydrogens is 422 g/mol. The first-order valence-corrected chi connectivity index (χ1v) is 11.1. The number of methoxy groups -OCH3 is 3. The molecule has 0 saturated carbocycles. The summed E-state index contributed by atoms with van der Waals surface area (Å²) in [4.78, 5) is 26.1. The fourth-order valence-electron chi connectivity index (χ4n) is 4.85. The van der Waals surface area contributed by atoms with E-state index in [9.17, 15) is 9.59 Å². The van der Waals surface area contributed by atoms with Crippen molar-refractivity contribution in [3.8, 4) is 23.0 Å². The number of allylic oxidation sites excluding steroid dienone is 2. The van der Waals surface area contributed by atoms with E-state index in [0.29, 0.717) is 53.7 Å². The van der Waals surface area contributed by atoms with Gasteiger partial charge in [0, 0.05) is 35.6 Å². The van der Waals surface area contributed by atoms with E-state index in [1.807, 2.05) is 43.3 Å². The van der Waals surface area contributed by atoms with Crippen molar-refractivity contribution < 1.29 is 28.5 Å². The van der Waals surface area contributed by atoms with Crippen molar-refractivity contribution in [1.29, 1.82) is 0 Å². The lowest BCUT2D eigenvalue weighted by Crippen LogP contribution is -2.38. The summed E-state index contributed by atoms with van der Waals surface area (Å²) in [7, 11) is 4.68. The van der Waals surface area contributed by atoms with Crippen molar-refractivity contribution in [3.63, 3.8) is 0 Å². The van der Waals surface area contributed by atoms with E-state index in [1.54, 1.807) is 21.3 Å². The molecule has 0 saturated heterocycles. The molecule has 1 N–H and O–H groups in total. The van der Waals surface area contributed by atoms with Gasteiger partial charge in [0.15, 0.2) is 17.3 Å². The van der Waals surface area contributed by atoms with Crippen LogP contribution in [0.25, 0.3) is 0 Å². The third-order valence-electron chi connectivity index (χ3n) is 6.29. The van der Waals surface area contributed by atoms with Gasteiger partial charge >= 0.3 is 0 Å². The molecule has 7 heteroatoms. The average molecular weight is 452 g/mol. The van der Waals surface area contributed by atoms with E-state index in [4.69, 9.17) is 18.9 Å². The minimum Gasteiger partial charge on any atom is -0.494 e. The van der Waals surface area contributed by atoms with Crippen LogP contribution in [0, 0.1) is 0 Å². The lowest BCUT2D eigenvalue weighted by atomic mass is 9.73. The van der Waals surface area contributed by atoms with Crippen LogP contribution in [0.4, 0.5) is 0 Å². The minimum atomic E-state index is -0.315. The molecule has 0 bridgehead atoms. The molecular formula is C26H29NO6. The second-order valence-electron chi connectivity index (χ2n) is 8.15. The lowest BCUT2D eigenvalue weighted by molar-refractivity contribution is -0.122. The zero-order valence-electron chi connectivity index (χ0n) is 19.4. The normalized spacial score (nSPS) is 20.1. The van der Waals surface area contributed by atoms with Crippen molar-refractivity contribution in [2.45, 2.75) is 38.0 Å². The predicted octanol–water partition coefficient (Wildman–Crippen LogP) is 4.12. The fourth-order valence-corrected chi connectivity index (χ4v) is 4.85. The van der Waals surface area contributed by atoms with E-state index >= 15 is 0 Å². The van der Waals surface area contributed by atoms with Gasteiger partial charge < -0.3 is 24.3 Å². The molecule has 1 amide bonds. The van der Waals surface area contributed by atoms with Gasteiger partial charge in [-0.2, -0.15) is 0 Å². The Balaban J connectivity index is 1.73. The van der Waals surface area contributed by atoms with E-state index < -0.39 is 0 Å². The standard InChI is InChI=1S/C26H29NO6/c1-5-33-21-9-7-6-8-17(21)18-14-24(29)27-19-10-15(11-20(28)25(18)19)16-12-22(30-2)26(32-4)23(13-16)31-3/h6-9,12-13,15,18H,5,10-11,14H2,1-4H3,(H,27,29)/t15-,18+/m0/s1. The third-order valence-corrected chi connectivity index (χ3v) is 6.29. The maximum absolute atomic E-state index is 13.5. The quantitative estimate of drug-likeness (QED) is 0.682. The SMILES string of the molecule is CCOc1ccccc1[C@H]1CC(=O)NC2=C1C(=O)C[C@@H](c1cc(OC)c(OC)c(OC)c1)C2. The molecule has 0 fully saturated rings. The summed E-state index contributed by atoms with van der Waals surface area (Å²) in [5.74, 6) is 1.80. The fraction of sp³-hybridized carbons (Fsp3) is 0.385. The average Bonchev–Trinajstić information content (AvgIpc) is 2.82. The number of hydrogen-bond donors (Lipinski definition) is 1. The van der Waals surface area contributed by atoms with Crippen LogP contribution in [-0.4, -0.2) is 39.6 Å². The summed E-state index contributed by atoms with van der Waals surface area (Å²) in [5.41, 5.74) is 3.15. The maximum Gasteiger partial charge on any atom is 0.225 e. The maximum atomic E-state index is 13.5. The van der Waals surface area contributed by atoms with Gasteiger partial charge in [-0.25, -0.2) is 0 Å². The Morgan fingerprint density at radius 3 is 2.24 bits per heavy atom. The van der Waals surface area contributed by atoms with Crippen LogP contribution in [0.1, 0.15) is 49.1 Å². The predicted molar refractivity (Wildman–Crippen MR) is 123 cm³/mol. The number of ketones is 1. The highest BCUT2D eigenvalue weighted by Crippen LogP contribution is 2.47. The van der Waals surface area contributed by atoms with Crippen LogP contribution < -0.4 is 24.3 Å². The number of rotatable bonds is 7. The van der Waals surface area contributed by atoms with Crippen molar-refractivity contribution in [3.05, 3.63) is 58.8 Å². The second kappa shape index (κ2) is 9.57. The summed E-state index contributed by atoms with van der Waals surface area (Å²) in [6.45, 7) is 2.43. The molecule has 0 radical (unpaired) electrons. The Labute approximate surface area is 193 Å². The van der Waals surface area contributed by atoms with E-state index in [0.717, 1.165) is 11.1 Å². The van der Waals surface area contributed by atoms with Gasteiger partial charge in [0.1, 0.15) is 5.75 Å². The lowest BCUT2D eigenvalue weighted by Gasteiger charge is -2.35. The number of para-hydroxylation sites is 1. The van der Waals surface area contributed by atoms with Crippen molar-refractivity contribution in [2.75, 3.05) is 27.9 Å². The smallest absolute Gasteiger partial charge is 0.225 e. The Morgan fingerprint density at radius 1 is 0.909 bits per heavy atom. The Kier molecular flexibility index (Phi) is 6.58. The van der Waals surface area contributed by atoms with Crippen molar-refractivity contribution in [1.82, 2.24) is 5.32 Å². The number of hydrogen-bond acceptors (Lipinski definition) is 6. The highest BCUT2D eigenvalue weighted by Gasteiger charge is 2.39. The minimum absolute atomic E-state index is 0.0336. The molecule has 33 heavy (non-hydrogen) atoms. The van der Waals surface area contributed by atoms with E-state index in [2.05, 4.69) is 5.32 Å². The summed E-state index contributed by atoms with van der Waals surface area (Å²) in [5, 5.41) is 2.97. The van der Waals surface area contributed by atoms with Gasteiger partial charge in [0.25, 0.3) is 0 Å². The summed E-state index contributed by atoms with van der Waals surface area (Å²) in [6, 6.07) is 11.4. The van der Waals surface area contributed by atoms with Crippen molar-refractivity contribution >= 4 is 11.7 Å². The zero-order valence-corrected chi connectivity index (χ0v) is 19.4. The highest BCUT2D eigenvalue weighted by atomic mass is 16.5. The Bertz CT molecular complexity index is 1080. The number of benzene rings is 2. The van der Waals surface area contributed by atoms with E-state index in [1.165, 1.54) is 0 Å². The Morgan fingerprint density at radius 2 is 1.61 bits per heavy atom. The first kappa shape index (κ1) is 22.7. The van der Waals surface area contributed by atoms with Crippen LogP contribution >= 0.6 is 0 Å². The second-order valence-corrected chi connectivity index (χ2v) is 8.15. The van der Waals surface area contributed by atoms with Crippen LogP contribution in [0.15, 0.2) is 47.7 Å². The molecule has 1 aliphatic heterocycles. The molecule has 174 valence electrons. The molecule has 2 aromatic carbocycles. The molecule has 1 aliphatic carbocycles. The Hall–Kier alpha value is -3.48. The molecule has 7 nitrogen and oxygen atoms in total. The number of Topliss-reactive ketones (excluding diaryl/α,β-unsaturated/α-hetero) is 1.